The van der Waals surface area contributed by atoms with Gasteiger partial charge in [-0.3, -0.25) is 0 Å². The third-order valence-corrected chi connectivity index (χ3v) is 2.89. The molecule has 0 spiro atoms. The lowest BCUT2D eigenvalue weighted by molar-refractivity contribution is -0.139. The first-order chi connectivity index (χ1) is 15.1. The molecule has 0 aromatic carbocycles. The summed E-state index contributed by atoms with van der Waals surface area (Å²) in [7, 11) is 0. The van der Waals surface area contributed by atoms with Crippen LogP contribution in [0.3, 0.4) is 0 Å². The molecule has 0 aliphatic carbocycles. The minimum Gasteiger partial charge on any atom is -0.343 e. The molecule has 0 saturated carbocycles. The van der Waals surface area contributed by atoms with E-state index in [1.165, 1.54) is 10.6 Å². The van der Waals surface area contributed by atoms with E-state index in [1.54, 1.807) is 0 Å². The minimum absolute atomic E-state index is 0.325. The Hall–Kier alpha value is -2.37. The highest BCUT2D eigenvalue weighted by Crippen LogP contribution is 2.26. The van der Waals surface area contributed by atoms with Crippen LogP contribution in [0.5, 0.6) is 0 Å². The molecule has 0 aliphatic rings. The molecule has 2 aromatic rings. The van der Waals surface area contributed by atoms with Gasteiger partial charge in [0.1, 0.15) is 22.9 Å². The summed E-state index contributed by atoms with van der Waals surface area (Å²) in [6.45, 7) is -3.74. The van der Waals surface area contributed by atoms with Gasteiger partial charge in [0.15, 0.2) is 5.82 Å². The van der Waals surface area contributed by atoms with Gasteiger partial charge in [0, 0.05) is 4.11 Å². The molecule has 2 rings (SSSR count). The van der Waals surface area contributed by atoms with E-state index in [4.69, 9.17) is 21.2 Å². The molecule has 2 heterocycles. The van der Waals surface area contributed by atoms with Gasteiger partial charge >= 0.3 is 12.4 Å². The Bertz CT molecular complexity index is 1060. The fourth-order valence-corrected chi connectivity index (χ4v) is 1.59. The van der Waals surface area contributed by atoms with Gasteiger partial charge in [-0.25, -0.2) is 4.98 Å². The smallest absolute Gasteiger partial charge is 0.343 e. The summed E-state index contributed by atoms with van der Waals surface area (Å²) in [6, 6.07) is -8.30. The second-order valence-electron chi connectivity index (χ2n) is 4.75. The number of pyridine rings is 1. The van der Waals surface area contributed by atoms with Crippen LogP contribution in [0.4, 0.5) is 38.2 Å². The Balaban J connectivity index is 2.76. The van der Waals surface area contributed by atoms with Gasteiger partial charge in [-0.15, -0.1) is 0 Å². The van der Waals surface area contributed by atoms with Crippen LogP contribution in [-0.4, -0.2) is 44.3 Å². The van der Waals surface area contributed by atoms with E-state index < -0.39 is 71.9 Å². The molecule has 0 amide bonds. The van der Waals surface area contributed by atoms with Crippen molar-refractivity contribution < 1.29 is 35.9 Å². The third kappa shape index (κ3) is 5.81. The van der Waals surface area contributed by atoms with Crippen molar-refractivity contribution in [2.75, 3.05) is 10.6 Å². The number of nitrogens with zero attached hydrogens (tertiary/aromatic N) is 4. The fraction of sp³-hybridized carbons (Fsp3) is 0.429. The second kappa shape index (κ2) is 7.71. The Morgan fingerprint density at radius 2 is 1.59 bits per heavy atom. The number of anilines is 2. The molecule has 148 valence electrons. The molecule has 0 bridgehead atoms. The van der Waals surface area contributed by atoms with Crippen LogP contribution in [0.25, 0.3) is 11.5 Å². The Kier molecular flexibility index (Phi) is 3.69. The summed E-state index contributed by atoms with van der Waals surface area (Å²) in [6.07, 6.45) is -11.0. The molecule has 0 radical (unpaired) electrons. The molecule has 0 fully saturated rings. The largest absolute Gasteiger partial charge is 0.408 e. The van der Waals surface area contributed by atoms with Gasteiger partial charge in [0.05, 0.1) is 5.48 Å². The Labute approximate surface area is 164 Å². The molecule has 13 heteroatoms. The van der Waals surface area contributed by atoms with E-state index in [0.29, 0.717) is 6.92 Å². The first-order valence-corrected chi connectivity index (χ1v) is 7.07. The number of alkyl halides is 6. The van der Waals surface area contributed by atoms with Crippen LogP contribution in [0.2, 0.25) is 5.15 Å². The van der Waals surface area contributed by atoms with Crippen LogP contribution >= 0.6 is 11.6 Å². The SMILES string of the molecule is [2H]c1cc(Cl)nc(-c2nc(N[C@]([2H])(C([2H])([2H])[2H])C(F)(F)F)nc(N[C@]([2H])(C)C(F)(F)F)n2)c1[2H]. The molecule has 0 saturated heterocycles. The van der Waals surface area contributed by atoms with Crippen LogP contribution in [0.1, 0.15) is 23.4 Å². The van der Waals surface area contributed by atoms with Gasteiger partial charge in [-0.2, -0.15) is 41.3 Å². The van der Waals surface area contributed by atoms with E-state index >= 15 is 0 Å². The van der Waals surface area contributed by atoms with Crippen LogP contribution in [-0.2, 0) is 0 Å². The number of nitrogens with one attached hydrogen (secondary N) is 2. The highest BCUT2D eigenvalue weighted by Gasteiger charge is 2.38. The summed E-state index contributed by atoms with van der Waals surface area (Å²) >= 11 is 5.70. The number of hydrogen-bond acceptors (Lipinski definition) is 6. The molecule has 0 unspecified atom stereocenters. The van der Waals surface area contributed by atoms with Gasteiger partial charge in [0.2, 0.25) is 11.9 Å². The normalized spacial score (nSPS) is 21.1. The standard InChI is InChI=1S/C14H13ClF6N6/c1-6(13(16,17)18)22-11-25-10(8-4-3-5-9(15)24-8)26-12(27-11)23-7(2)14(19,20)21/h3-7H,1-2H3,(H2,22,23,25,26,27)/t6-,7-/m1/s1/i1D3,3D,4D,6D,7D. The average Bonchev–Trinajstić information content (AvgIpc) is 2.61. The predicted molar refractivity (Wildman–Crippen MR) is 86.3 cm³/mol. The summed E-state index contributed by atoms with van der Waals surface area (Å²) in [4.78, 5) is 13.8. The number of rotatable bonds is 5. The highest BCUT2D eigenvalue weighted by molar-refractivity contribution is 6.29. The number of aromatic nitrogens is 4. The monoisotopic (exact) mass is 421 g/mol. The van der Waals surface area contributed by atoms with Crippen LogP contribution in [0, 0.1) is 0 Å². The third-order valence-electron chi connectivity index (χ3n) is 2.69. The van der Waals surface area contributed by atoms with E-state index in [-0.39, 0.29) is 0 Å². The van der Waals surface area contributed by atoms with E-state index in [0.717, 1.165) is 6.07 Å². The van der Waals surface area contributed by atoms with Crippen molar-refractivity contribution in [3.63, 3.8) is 0 Å². The molecule has 2 atom stereocenters. The lowest BCUT2D eigenvalue weighted by atomic mass is 10.3. The summed E-state index contributed by atoms with van der Waals surface area (Å²) in [5, 5.41) is 2.32. The van der Waals surface area contributed by atoms with Gasteiger partial charge in [0.25, 0.3) is 0 Å². The van der Waals surface area contributed by atoms with Crippen molar-refractivity contribution in [2.24, 2.45) is 0 Å². The first kappa shape index (κ1) is 12.9. The summed E-state index contributed by atoms with van der Waals surface area (Å²) in [5.74, 6) is -3.42. The van der Waals surface area contributed by atoms with Crippen LogP contribution in [0.15, 0.2) is 18.2 Å². The average molecular weight is 422 g/mol. The van der Waals surface area contributed by atoms with Crippen molar-refractivity contribution in [1.29, 1.82) is 0 Å². The fourth-order valence-electron chi connectivity index (χ4n) is 1.45. The van der Waals surface area contributed by atoms with Crippen molar-refractivity contribution in [1.82, 2.24) is 19.9 Å². The van der Waals surface area contributed by atoms with E-state index in [1.807, 2.05) is 0 Å². The summed E-state index contributed by atoms with van der Waals surface area (Å²) in [5.41, 5.74) is -0.679. The highest BCUT2D eigenvalue weighted by atomic mass is 35.5. The molecule has 6 nitrogen and oxygen atoms in total. The molecule has 2 N–H and O–H groups in total. The maximum absolute atomic E-state index is 13.4. The van der Waals surface area contributed by atoms with Gasteiger partial charge < -0.3 is 10.6 Å². The van der Waals surface area contributed by atoms with E-state index in [2.05, 4.69) is 19.9 Å². The zero-order valence-corrected chi connectivity index (χ0v) is 13.8. The summed E-state index contributed by atoms with van der Waals surface area (Å²) < 4.78 is 131. The second-order valence-corrected chi connectivity index (χ2v) is 5.14. The van der Waals surface area contributed by atoms with Gasteiger partial charge in [-0.1, -0.05) is 17.6 Å². The molecular weight excluding hydrogens is 402 g/mol. The van der Waals surface area contributed by atoms with Crippen molar-refractivity contribution in [3.8, 4) is 11.5 Å². The quantitative estimate of drug-likeness (QED) is 0.553. The molecule has 0 aliphatic heterocycles. The number of halogens is 7. The van der Waals surface area contributed by atoms with Gasteiger partial charge in [-0.05, 0) is 25.9 Å². The van der Waals surface area contributed by atoms with Crippen molar-refractivity contribution >= 4 is 23.5 Å². The minimum atomic E-state index is -5.75. The molecule has 2 aromatic heterocycles. The molecule has 27 heavy (non-hydrogen) atoms. The lowest BCUT2D eigenvalue weighted by Gasteiger charge is -2.20. The maximum atomic E-state index is 13.4. The lowest BCUT2D eigenvalue weighted by Crippen LogP contribution is -2.35. The topological polar surface area (TPSA) is 75.6 Å². The van der Waals surface area contributed by atoms with Crippen molar-refractivity contribution in [2.45, 2.75) is 38.2 Å². The zero-order chi connectivity index (χ0) is 26.5. The number of hydrogen-bond donors (Lipinski definition) is 2. The zero-order valence-electron chi connectivity index (χ0n) is 20.0. The van der Waals surface area contributed by atoms with E-state index in [9.17, 15) is 26.3 Å². The van der Waals surface area contributed by atoms with Crippen molar-refractivity contribution in [3.05, 3.63) is 23.3 Å². The Morgan fingerprint density at radius 1 is 1.04 bits per heavy atom. The van der Waals surface area contributed by atoms with Crippen LogP contribution < -0.4 is 10.6 Å². The first-order valence-electron chi connectivity index (χ1n) is 10.2. The Morgan fingerprint density at radius 3 is 2.11 bits per heavy atom. The maximum Gasteiger partial charge on any atom is 0.408 e. The molecular formula is C14H13ClF6N6. The predicted octanol–water partition coefficient (Wildman–Crippen LogP) is 4.31.